The average Bonchev–Trinajstić information content (AvgIpc) is 2.88. The van der Waals surface area contributed by atoms with Crippen molar-refractivity contribution in [1.82, 2.24) is 4.98 Å². The van der Waals surface area contributed by atoms with Crippen LogP contribution < -0.4 is 9.47 Å². The lowest BCUT2D eigenvalue weighted by Gasteiger charge is -2.04. The Labute approximate surface area is 123 Å². The number of nitrogens with zero attached hydrogens (tertiary/aromatic N) is 1. The first kappa shape index (κ1) is 13.8. The van der Waals surface area contributed by atoms with Gasteiger partial charge in [-0.3, -0.25) is 0 Å². The third kappa shape index (κ3) is 2.95. The van der Waals surface area contributed by atoms with E-state index in [0.717, 1.165) is 28.1 Å². The molecule has 0 saturated carbocycles. The van der Waals surface area contributed by atoms with Crippen LogP contribution in [0, 0.1) is 11.6 Å². The third-order valence-electron chi connectivity index (χ3n) is 2.88. The zero-order valence-corrected chi connectivity index (χ0v) is 11.9. The Bertz CT molecular complexity index is 788. The van der Waals surface area contributed by atoms with E-state index in [-0.39, 0.29) is 12.4 Å². The van der Waals surface area contributed by atoms with Gasteiger partial charge >= 0.3 is 0 Å². The van der Waals surface area contributed by atoms with Crippen molar-refractivity contribution in [3.8, 4) is 11.5 Å². The fourth-order valence-corrected chi connectivity index (χ4v) is 2.78. The molecule has 108 valence electrons. The zero-order valence-electron chi connectivity index (χ0n) is 11.1. The van der Waals surface area contributed by atoms with Gasteiger partial charge in [-0.05, 0) is 30.3 Å². The third-order valence-corrected chi connectivity index (χ3v) is 3.88. The van der Waals surface area contributed by atoms with Gasteiger partial charge in [0.2, 0.25) is 0 Å². The van der Waals surface area contributed by atoms with Gasteiger partial charge in [-0.15, -0.1) is 11.3 Å². The van der Waals surface area contributed by atoms with E-state index >= 15 is 0 Å². The molecule has 0 radical (unpaired) electrons. The van der Waals surface area contributed by atoms with Crippen molar-refractivity contribution in [2.45, 2.75) is 6.61 Å². The number of benzene rings is 2. The average molecular weight is 307 g/mol. The van der Waals surface area contributed by atoms with E-state index in [1.54, 1.807) is 7.11 Å². The fraction of sp³-hybridized carbons (Fsp3) is 0.133. The molecule has 0 aliphatic heterocycles. The Hall–Kier alpha value is -2.21. The van der Waals surface area contributed by atoms with E-state index in [4.69, 9.17) is 9.47 Å². The first-order valence-corrected chi connectivity index (χ1v) is 6.98. The number of ether oxygens (including phenoxy) is 2. The molecule has 0 fully saturated rings. The summed E-state index contributed by atoms with van der Waals surface area (Å²) in [6, 6.07) is 8.77. The highest BCUT2D eigenvalue weighted by Crippen LogP contribution is 2.27. The molecule has 0 aliphatic carbocycles. The number of hydrogen-bond donors (Lipinski definition) is 0. The van der Waals surface area contributed by atoms with Crippen molar-refractivity contribution in [3.05, 3.63) is 53.0 Å². The first-order valence-electron chi connectivity index (χ1n) is 6.17. The Morgan fingerprint density at radius 2 is 2.00 bits per heavy atom. The van der Waals surface area contributed by atoms with Crippen LogP contribution in [0.5, 0.6) is 11.5 Å². The summed E-state index contributed by atoms with van der Waals surface area (Å²) in [7, 11) is 1.60. The second-order valence-corrected chi connectivity index (χ2v) is 5.42. The lowest BCUT2D eigenvalue weighted by Crippen LogP contribution is -1.97. The molecule has 0 aliphatic rings. The van der Waals surface area contributed by atoms with E-state index in [2.05, 4.69) is 4.98 Å². The maximum absolute atomic E-state index is 13.5. The molecule has 0 amide bonds. The van der Waals surface area contributed by atoms with Crippen LogP contribution in [0.4, 0.5) is 8.78 Å². The number of methoxy groups -OCH3 is 1. The molecule has 0 atom stereocenters. The number of rotatable bonds is 4. The van der Waals surface area contributed by atoms with Gasteiger partial charge in [-0.25, -0.2) is 13.8 Å². The van der Waals surface area contributed by atoms with Crippen molar-refractivity contribution in [2.24, 2.45) is 0 Å². The van der Waals surface area contributed by atoms with Crippen LogP contribution in [-0.2, 0) is 6.61 Å². The van der Waals surface area contributed by atoms with Gasteiger partial charge in [-0.2, -0.15) is 0 Å². The highest BCUT2D eigenvalue weighted by molar-refractivity contribution is 7.18. The number of halogens is 2. The summed E-state index contributed by atoms with van der Waals surface area (Å²) in [6.45, 7) is 0.129. The predicted octanol–water partition coefficient (Wildman–Crippen LogP) is 4.16. The van der Waals surface area contributed by atoms with Crippen LogP contribution in [0.3, 0.4) is 0 Å². The summed E-state index contributed by atoms with van der Waals surface area (Å²) >= 11 is 1.44. The minimum absolute atomic E-state index is 0.00763. The van der Waals surface area contributed by atoms with E-state index in [1.165, 1.54) is 17.4 Å². The van der Waals surface area contributed by atoms with Gasteiger partial charge in [0.25, 0.3) is 0 Å². The summed E-state index contributed by atoms with van der Waals surface area (Å²) < 4.78 is 37.7. The standard InChI is InChI=1S/C15H11F2NO2S/c1-19-10-3-4-12-14(7-10)21-15(18-12)8-20-13-5-2-9(16)6-11(13)17/h2-7H,8H2,1H3. The molecule has 0 spiro atoms. The molecule has 0 N–H and O–H groups in total. The lowest BCUT2D eigenvalue weighted by atomic mass is 10.3. The summed E-state index contributed by atoms with van der Waals surface area (Å²) in [4.78, 5) is 4.39. The SMILES string of the molecule is COc1ccc2nc(COc3ccc(F)cc3F)sc2c1. The van der Waals surface area contributed by atoms with Crippen LogP contribution in [0.25, 0.3) is 10.2 Å². The normalized spacial score (nSPS) is 10.8. The van der Waals surface area contributed by atoms with Crippen molar-refractivity contribution < 1.29 is 18.3 Å². The van der Waals surface area contributed by atoms with E-state index < -0.39 is 11.6 Å². The summed E-state index contributed by atoms with van der Waals surface area (Å²) in [5.41, 5.74) is 0.832. The topological polar surface area (TPSA) is 31.4 Å². The molecule has 3 aromatic rings. The van der Waals surface area contributed by atoms with Crippen molar-refractivity contribution in [2.75, 3.05) is 7.11 Å². The van der Waals surface area contributed by atoms with Gasteiger partial charge in [0.05, 0.1) is 17.3 Å². The van der Waals surface area contributed by atoms with Gasteiger partial charge in [0, 0.05) is 6.07 Å². The minimum atomic E-state index is -0.724. The lowest BCUT2D eigenvalue weighted by molar-refractivity contribution is 0.289. The Balaban J connectivity index is 1.78. The second kappa shape index (κ2) is 5.65. The maximum Gasteiger partial charge on any atom is 0.167 e. The minimum Gasteiger partial charge on any atom is -0.497 e. The van der Waals surface area contributed by atoms with Crippen molar-refractivity contribution >= 4 is 21.6 Å². The molecule has 3 nitrogen and oxygen atoms in total. The van der Waals surface area contributed by atoms with Crippen molar-refractivity contribution in [3.63, 3.8) is 0 Å². The molecular formula is C15H11F2NO2S. The molecule has 6 heteroatoms. The molecular weight excluding hydrogens is 296 g/mol. The zero-order chi connectivity index (χ0) is 14.8. The molecule has 2 aromatic carbocycles. The molecule has 0 bridgehead atoms. The van der Waals surface area contributed by atoms with Gasteiger partial charge in [0.1, 0.15) is 23.2 Å². The highest BCUT2D eigenvalue weighted by atomic mass is 32.1. The van der Waals surface area contributed by atoms with E-state index in [9.17, 15) is 8.78 Å². The van der Waals surface area contributed by atoms with Crippen LogP contribution in [0.15, 0.2) is 36.4 Å². The first-order chi connectivity index (χ1) is 10.2. The molecule has 0 unspecified atom stereocenters. The number of hydrogen-bond acceptors (Lipinski definition) is 4. The summed E-state index contributed by atoms with van der Waals surface area (Å²) in [6.07, 6.45) is 0. The van der Waals surface area contributed by atoms with Crippen LogP contribution in [-0.4, -0.2) is 12.1 Å². The Morgan fingerprint density at radius 3 is 2.76 bits per heavy atom. The summed E-state index contributed by atoms with van der Waals surface area (Å²) in [5.74, 6) is -0.596. The largest absolute Gasteiger partial charge is 0.497 e. The summed E-state index contributed by atoms with van der Waals surface area (Å²) in [5, 5.41) is 0.710. The van der Waals surface area contributed by atoms with Gasteiger partial charge in [0.15, 0.2) is 11.6 Å². The molecule has 1 aromatic heterocycles. The van der Waals surface area contributed by atoms with Crippen LogP contribution in [0.1, 0.15) is 5.01 Å². The van der Waals surface area contributed by atoms with E-state index in [0.29, 0.717) is 5.01 Å². The molecule has 21 heavy (non-hydrogen) atoms. The monoisotopic (exact) mass is 307 g/mol. The number of fused-ring (bicyclic) bond motifs is 1. The Kier molecular flexibility index (Phi) is 3.70. The maximum atomic E-state index is 13.5. The van der Waals surface area contributed by atoms with Crippen LogP contribution >= 0.6 is 11.3 Å². The second-order valence-electron chi connectivity index (χ2n) is 4.30. The van der Waals surface area contributed by atoms with Gasteiger partial charge in [-0.1, -0.05) is 0 Å². The number of aromatic nitrogens is 1. The van der Waals surface area contributed by atoms with Crippen molar-refractivity contribution in [1.29, 1.82) is 0 Å². The molecule has 0 saturated heterocycles. The van der Waals surface area contributed by atoms with Gasteiger partial charge < -0.3 is 9.47 Å². The highest BCUT2D eigenvalue weighted by Gasteiger charge is 2.08. The molecule has 3 rings (SSSR count). The smallest absolute Gasteiger partial charge is 0.167 e. The fourth-order valence-electron chi connectivity index (χ4n) is 1.87. The number of thiazole rings is 1. The Morgan fingerprint density at radius 1 is 1.14 bits per heavy atom. The predicted molar refractivity (Wildman–Crippen MR) is 76.9 cm³/mol. The van der Waals surface area contributed by atoms with Crippen LogP contribution in [0.2, 0.25) is 0 Å². The van der Waals surface area contributed by atoms with E-state index in [1.807, 2.05) is 18.2 Å². The molecule has 1 heterocycles. The quantitative estimate of drug-likeness (QED) is 0.725.